The lowest BCUT2D eigenvalue weighted by Crippen LogP contribution is -2.53. The molecule has 204 valence electrons. The maximum Gasteiger partial charge on any atom is 0.430 e. The van der Waals surface area contributed by atoms with Crippen LogP contribution >= 0.6 is 0 Å². The van der Waals surface area contributed by atoms with Crippen molar-refractivity contribution in [1.29, 1.82) is 0 Å². The van der Waals surface area contributed by atoms with Crippen molar-refractivity contribution in [3.63, 3.8) is 0 Å². The SMILES string of the molecule is [C-]#[N+]c1cccc(C(=O)N2CCN(Cc3ccc(-c4ccc(C(O)(C(F)(F)F)C(F)(F)F)cc4)cc3)CC2)c1. The zero-order valence-corrected chi connectivity index (χ0v) is 20.4. The van der Waals surface area contributed by atoms with Gasteiger partial charge in [0.1, 0.15) is 0 Å². The van der Waals surface area contributed by atoms with E-state index in [1.165, 1.54) is 0 Å². The minimum atomic E-state index is -5.93. The highest BCUT2D eigenvalue weighted by Crippen LogP contribution is 2.50. The van der Waals surface area contributed by atoms with Crippen molar-refractivity contribution in [2.75, 3.05) is 26.2 Å². The molecule has 0 saturated carbocycles. The summed E-state index contributed by atoms with van der Waals surface area (Å²) in [4.78, 5) is 20.0. The predicted molar refractivity (Wildman–Crippen MR) is 132 cm³/mol. The molecule has 3 aromatic carbocycles. The molecule has 1 heterocycles. The topological polar surface area (TPSA) is 48.1 Å². The lowest BCUT2D eigenvalue weighted by atomic mass is 9.90. The minimum absolute atomic E-state index is 0.126. The Morgan fingerprint density at radius 3 is 1.87 bits per heavy atom. The highest BCUT2D eigenvalue weighted by atomic mass is 19.4. The van der Waals surface area contributed by atoms with E-state index < -0.39 is 23.5 Å². The van der Waals surface area contributed by atoms with E-state index in [2.05, 4.69) is 9.74 Å². The van der Waals surface area contributed by atoms with E-state index in [1.54, 1.807) is 41.3 Å². The number of halogens is 6. The lowest BCUT2D eigenvalue weighted by Gasteiger charge is -2.35. The first-order valence-corrected chi connectivity index (χ1v) is 11.9. The number of nitrogens with zero attached hydrogens (tertiary/aromatic N) is 3. The summed E-state index contributed by atoms with van der Waals surface area (Å²) in [5, 5.41) is 9.55. The summed E-state index contributed by atoms with van der Waals surface area (Å²) < 4.78 is 78.7. The highest BCUT2D eigenvalue weighted by molar-refractivity contribution is 5.95. The lowest BCUT2D eigenvalue weighted by molar-refractivity contribution is -0.376. The highest BCUT2D eigenvalue weighted by Gasteiger charge is 2.71. The molecule has 0 aromatic heterocycles. The van der Waals surface area contributed by atoms with Gasteiger partial charge in [-0.1, -0.05) is 66.7 Å². The quantitative estimate of drug-likeness (QED) is 0.307. The number of alkyl halides is 6. The van der Waals surface area contributed by atoms with Crippen LogP contribution in [0.5, 0.6) is 0 Å². The Morgan fingerprint density at radius 1 is 0.821 bits per heavy atom. The van der Waals surface area contributed by atoms with E-state index in [0.717, 1.165) is 17.7 Å². The molecule has 0 aliphatic carbocycles. The zero-order chi connectivity index (χ0) is 28.4. The van der Waals surface area contributed by atoms with E-state index in [4.69, 9.17) is 6.57 Å². The summed E-state index contributed by atoms with van der Waals surface area (Å²) in [5.41, 5.74) is -3.46. The second kappa shape index (κ2) is 10.7. The molecule has 11 heteroatoms. The summed E-state index contributed by atoms with van der Waals surface area (Å²) in [5.74, 6) is -0.126. The van der Waals surface area contributed by atoms with Crippen LogP contribution in [0.15, 0.2) is 72.8 Å². The van der Waals surface area contributed by atoms with Gasteiger partial charge in [-0.15, -0.1) is 0 Å². The van der Waals surface area contributed by atoms with Crippen molar-refractivity contribution >= 4 is 11.6 Å². The van der Waals surface area contributed by atoms with Crippen molar-refractivity contribution in [3.8, 4) is 11.1 Å². The number of carbonyl (C=O) groups excluding carboxylic acids is 1. The summed E-state index contributed by atoms with van der Waals surface area (Å²) in [6.07, 6.45) is -11.9. The second-order valence-electron chi connectivity index (χ2n) is 9.21. The number of aliphatic hydroxyl groups is 1. The molecular formula is C28H23F6N3O2. The van der Waals surface area contributed by atoms with Crippen LogP contribution in [0.1, 0.15) is 21.5 Å². The minimum Gasteiger partial charge on any atom is -0.369 e. The molecule has 1 aliphatic heterocycles. The molecule has 1 aliphatic rings. The van der Waals surface area contributed by atoms with Crippen molar-refractivity contribution in [3.05, 3.63) is 101 Å². The third kappa shape index (κ3) is 5.77. The van der Waals surface area contributed by atoms with Gasteiger partial charge in [-0.2, -0.15) is 26.3 Å². The molecule has 1 N–H and O–H groups in total. The third-order valence-electron chi connectivity index (χ3n) is 6.70. The normalized spacial score (nSPS) is 15.2. The number of piperazine rings is 1. The molecule has 39 heavy (non-hydrogen) atoms. The number of rotatable bonds is 5. The third-order valence-corrected chi connectivity index (χ3v) is 6.70. The van der Waals surface area contributed by atoms with Crippen LogP contribution in [0.3, 0.4) is 0 Å². The molecule has 0 spiro atoms. The van der Waals surface area contributed by atoms with E-state index in [9.17, 15) is 36.2 Å². The molecule has 4 rings (SSSR count). The molecule has 3 aromatic rings. The maximum absolute atomic E-state index is 13.1. The van der Waals surface area contributed by atoms with Crippen LogP contribution in [-0.4, -0.2) is 59.3 Å². The predicted octanol–water partition coefficient (Wildman–Crippen LogP) is 6.17. The van der Waals surface area contributed by atoms with E-state index in [0.29, 0.717) is 67.2 Å². The van der Waals surface area contributed by atoms with Crippen molar-refractivity contribution in [1.82, 2.24) is 9.80 Å². The number of carbonyl (C=O) groups is 1. The van der Waals surface area contributed by atoms with Crippen LogP contribution in [0.2, 0.25) is 0 Å². The molecule has 5 nitrogen and oxygen atoms in total. The summed E-state index contributed by atoms with van der Waals surface area (Å²) in [6, 6.07) is 17.1. The van der Waals surface area contributed by atoms with Crippen molar-refractivity contribution in [2.45, 2.75) is 24.5 Å². The van der Waals surface area contributed by atoms with Gasteiger partial charge in [-0.3, -0.25) is 9.69 Å². The first kappa shape index (κ1) is 28.1. The number of benzene rings is 3. The van der Waals surface area contributed by atoms with E-state index >= 15 is 0 Å². The fourth-order valence-electron chi connectivity index (χ4n) is 4.45. The van der Waals surface area contributed by atoms with Crippen LogP contribution in [0.4, 0.5) is 32.0 Å². The van der Waals surface area contributed by atoms with Gasteiger partial charge >= 0.3 is 12.4 Å². The second-order valence-corrected chi connectivity index (χ2v) is 9.21. The Kier molecular flexibility index (Phi) is 7.73. The van der Waals surface area contributed by atoms with Gasteiger partial charge in [0.2, 0.25) is 0 Å². The monoisotopic (exact) mass is 547 g/mol. The van der Waals surface area contributed by atoms with Gasteiger partial charge in [0.25, 0.3) is 11.5 Å². The van der Waals surface area contributed by atoms with Crippen LogP contribution in [0, 0.1) is 6.57 Å². The molecule has 0 unspecified atom stereocenters. The molecule has 1 amide bonds. The number of amides is 1. The Bertz CT molecular complexity index is 1340. The summed E-state index contributed by atoms with van der Waals surface area (Å²) in [7, 11) is 0. The maximum atomic E-state index is 13.1. The van der Waals surface area contributed by atoms with Crippen LogP contribution in [-0.2, 0) is 12.1 Å². The van der Waals surface area contributed by atoms with Gasteiger partial charge in [-0.05, 0) is 22.8 Å². The average Bonchev–Trinajstić information content (AvgIpc) is 2.92. The van der Waals surface area contributed by atoms with Gasteiger partial charge < -0.3 is 10.0 Å². The first-order chi connectivity index (χ1) is 18.3. The first-order valence-electron chi connectivity index (χ1n) is 11.9. The molecule has 0 atom stereocenters. The number of hydrogen-bond donors (Lipinski definition) is 1. The van der Waals surface area contributed by atoms with E-state index in [1.807, 2.05) is 12.1 Å². The Morgan fingerprint density at radius 2 is 1.36 bits per heavy atom. The zero-order valence-electron chi connectivity index (χ0n) is 20.4. The molecular weight excluding hydrogens is 524 g/mol. The van der Waals surface area contributed by atoms with Crippen molar-refractivity contribution < 1.29 is 36.2 Å². The Balaban J connectivity index is 1.37. The average molecular weight is 547 g/mol. The molecule has 1 saturated heterocycles. The van der Waals surface area contributed by atoms with E-state index in [-0.39, 0.29) is 5.91 Å². The van der Waals surface area contributed by atoms with Gasteiger partial charge in [0, 0.05) is 43.9 Å². The van der Waals surface area contributed by atoms with Crippen LogP contribution < -0.4 is 0 Å². The summed E-state index contributed by atoms with van der Waals surface area (Å²) >= 11 is 0. The van der Waals surface area contributed by atoms with Crippen LogP contribution in [0.25, 0.3) is 16.0 Å². The molecule has 1 fully saturated rings. The number of hydrogen-bond acceptors (Lipinski definition) is 3. The largest absolute Gasteiger partial charge is 0.430 e. The fraction of sp³-hybridized carbons (Fsp3) is 0.286. The smallest absolute Gasteiger partial charge is 0.369 e. The Labute approximate surface area is 220 Å². The fourth-order valence-corrected chi connectivity index (χ4v) is 4.45. The van der Waals surface area contributed by atoms with Gasteiger partial charge in [-0.25, -0.2) is 4.85 Å². The molecule has 0 radical (unpaired) electrons. The summed E-state index contributed by atoms with van der Waals surface area (Å²) in [6.45, 7) is 10.0. The standard InChI is InChI=1S/C28H23F6N3O2/c1-35-24-4-2-3-22(17-24)25(38)37-15-13-36(14-16-37)18-19-5-7-20(8-6-19)21-9-11-23(12-10-21)26(39,27(29,30)31)28(32,33)34/h2-12,17,39H,13-16,18H2. The Hall–Kier alpha value is -3.88. The van der Waals surface area contributed by atoms with Crippen molar-refractivity contribution in [2.24, 2.45) is 0 Å². The van der Waals surface area contributed by atoms with Gasteiger partial charge in [0.05, 0.1) is 6.57 Å². The van der Waals surface area contributed by atoms with Gasteiger partial charge in [0.15, 0.2) is 5.69 Å². The molecule has 0 bridgehead atoms.